The van der Waals surface area contributed by atoms with Crippen LogP contribution in [0.5, 0.6) is 0 Å². The first-order valence-corrected chi connectivity index (χ1v) is 5.13. The maximum atomic E-state index is 5.45. The van der Waals surface area contributed by atoms with E-state index in [4.69, 9.17) is 4.74 Å². The molecule has 1 aliphatic rings. The van der Waals surface area contributed by atoms with Gasteiger partial charge in [-0.05, 0) is 38.6 Å². The SMILES string of the molecule is CCCOCCC(NC)C1CC1. The molecule has 0 saturated heterocycles. The molecule has 0 bridgehead atoms. The lowest BCUT2D eigenvalue weighted by atomic mass is 10.1. The van der Waals surface area contributed by atoms with E-state index in [1.165, 1.54) is 19.3 Å². The largest absolute Gasteiger partial charge is 0.381 e. The molecule has 0 aromatic rings. The Hall–Kier alpha value is -0.0800. The van der Waals surface area contributed by atoms with E-state index in [1.54, 1.807) is 0 Å². The normalized spacial score (nSPS) is 19.5. The van der Waals surface area contributed by atoms with Crippen LogP contribution in [0.15, 0.2) is 0 Å². The van der Waals surface area contributed by atoms with Gasteiger partial charge < -0.3 is 10.1 Å². The predicted molar refractivity (Wildman–Crippen MR) is 51.3 cm³/mol. The summed E-state index contributed by atoms with van der Waals surface area (Å²) in [5.74, 6) is 0.945. The molecule has 1 saturated carbocycles. The lowest BCUT2D eigenvalue weighted by Gasteiger charge is -2.14. The van der Waals surface area contributed by atoms with Crippen molar-refractivity contribution in [2.24, 2.45) is 5.92 Å². The van der Waals surface area contributed by atoms with Gasteiger partial charge in [0.1, 0.15) is 0 Å². The van der Waals surface area contributed by atoms with Gasteiger partial charge in [0, 0.05) is 19.3 Å². The minimum absolute atomic E-state index is 0.710. The molecular formula is C10H21NO. The van der Waals surface area contributed by atoms with E-state index >= 15 is 0 Å². The molecule has 0 amide bonds. The van der Waals surface area contributed by atoms with Gasteiger partial charge in [-0.1, -0.05) is 6.92 Å². The maximum Gasteiger partial charge on any atom is 0.0480 e. The van der Waals surface area contributed by atoms with Gasteiger partial charge >= 0.3 is 0 Å². The monoisotopic (exact) mass is 171 g/mol. The summed E-state index contributed by atoms with van der Waals surface area (Å²) in [7, 11) is 2.06. The molecule has 1 unspecified atom stereocenters. The van der Waals surface area contributed by atoms with Crippen molar-refractivity contribution in [1.29, 1.82) is 0 Å². The molecule has 1 atom stereocenters. The minimum Gasteiger partial charge on any atom is -0.381 e. The highest BCUT2D eigenvalue weighted by Crippen LogP contribution is 2.33. The van der Waals surface area contributed by atoms with Crippen LogP contribution in [0.1, 0.15) is 32.6 Å². The Morgan fingerprint density at radius 1 is 1.42 bits per heavy atom. The highest BCUT2D eigenvalue weighted by Gasteiger charge is 2.29. The molecule has 72 valence electrons. The van der Waals surface area contributed by atoms with Crippen LogP contribution in [-0.4, -0.2) is 26.3 Å². The molecule has 12 heavy (non-hydrogen) atoms. The zero-order valence-electron chi connectivity index (χ0n) is 8.31. The van der Waals surface area contributed by atoms with Crippen molar-refractivity contribution in [2.75, 3.05) is 20.3 Å². The number of ether oxygens (including phenoxy) is 1. The topological polar surface area (TPSA) is 21.3 Å². The van der Waals surface area contributed by atoms with Gasteiger partial charge in [0.2, 0.25) is 0 Å². The average molecular weight is 171 g/mol. The molecule has 1 aliphatic carbocycles. The third-order valence-corrected chi connectivity index (χ3v) is 2.48. The number of hydrogen-bond acceptors (Lipinski definition) is 2. The zero-order valence-corrected chi connectivity index (χ0v) is 8.31. The number of rotatable bonds is 7. The molecule has 0 aromatic carbocycles. The summed E-state index contributed by atoms with van der Waals surface area (Å²) in [4.78, 5) is 0. The van der Waals surface area contributed by atoms with Gasteiger partial charge in [-0.15, -0.1) is 0 Å². The van der Waals surface area contributed by atoms with Crippen LogP contribution in [0.4, 0.5) is 0 Å². The summed E-state index contributed by atoms with van der Waals surface area (Å²) in [6.45, 7) is 3.99. The highest BCUT2D eigenvalue weighted by molar-refractivity contribution is 4.85. The van der Waals surface area contributed by atoms with Gasteiger partial charge in [-0.2, -0.15) is 0 Å². The van der Waals surface area contributed by atoms with Crippen LogP contribution in [-0.2, 0) is 4.74 Å². The fourth-order valence-corrected chi connectivity index (χ4v) is 1.57. The smallest absolute Gasteiger partial charge is 0.0480 e. The van der Waals surface area contributed by atoms with Gasteiger partial charge in [0.05, 0.1) is 0 Å². The van der Waals surface area contributed by atoms with Crippen LogP contribution in [0, 0.1) is 5.92 Å². The molecule has 2 nitrogen and oxygen atoms in total. The first kappa shape index (κ1) is 10.0. The fourth-order valence-electron chi connectivity index (χ4n) is 1.57. The Kier molecular flexibility index (Phi) is 4.62. The lowest BCUT2D eigenvalue weighted by Crippen LogP contribution is -2.28. The summed E-state index contributed by atoms with van der Waals surface area (Å²) in [5, 5.41) is 3.36. The third-order valence-electron chi connectivity index (χ3n) is 2.48. The van der Waals surface area contributed by atoms with Gasteiger partial charge in [-0.3, -0.25) is 0 Å². The van der Waals surface area contributed by atoms with Crippen LogP contribution >= 0.6 is 0 Å². The molecule has 0 aromatic heterocycles. The highest BCUT2D eigenvalue weighted by atomic mass is 16.5. The average Bonchev–Trinajstić information content (AvgIpc) is 2.88. The van der Waals surface area contributed by atoms with Gasteiger partial charge in [0.25, 0.3) is 0 Å². The second-order valence-electron chi connectivity index (χ2n) is 3.63. The Balaban J connectivity index is 1.95. The Bertz CT molecular complexity index is 112. The molecule has 2 heteroatoms. The van der Waals surface area contributed by atoms with E-state index in [2.05, 4.69) is 19.3 Å². The van der Waals surface area contributed by atoms with Crippen LogP contribution < -0.4 is 5.32 Å². The van der Waals surface area contributed by atoms with E-state index in [1.807, 2.05) is 0 Å². The van der Waals surface area contributed by atoms with E-state index in [0.717, 1.165) is 25.6 Å². The second-order valence-corrected chi connectivity index (χ2v) is 3.63. The second kappa shape index (κ2) is 5.55. The van der Waals surface area contributed by atoms with E-state index < -0.39 is 0 Å². The molecule has 0 aliphatic heterocycles. The van der Waals surface area contributed by atoms with E-state index in [9.17, 15) is 0 Å². The van der Waals surface area contributed by atoms with Crippen molar-refractivity contribution in [3.05, 3.63) is 0 Å². The van der Waals surface area contributed by atoms with E-state index in [0.29, 0.717) is 6.04 Å². The number of hydrogen-bond donors (Lipinski definition) is 1. The van der Waals surface area contributed by atoms with E-state index in [-0.39, 0.29) is 0 Å². The first-order valence-electron chi connectivity index (χ1n) is 5.13. The lowest BCUT2D eigenvalue weighted by molar-refractivity contribution is 0.123. The minimum atomic E-state index is 0.710. The molecule has 1 N–H and O–H groups in total. The van der Waals surface area contributed by atoms with Crippen molar-refractivity contribution >= 4 is 0 Å². The first-order chi connectivity index (χ1) is 5.88. The Labute approximate surface area is 75.7 Å². The zero-order chi connectivity index (χ0) is 8.81. The van der Waals surface area contributed by atoms with Crippen LogP contribution in [0.25, 0.3) is 0 Å². The van der Waals surface area contributed by atoms with Crippen molar-refractivity contribution in [3.8, 4) is 0 Å². The quantitative estimate of drug-likeness (QED) is 0.590. The molecule has 0 radical (unpaired) electrons. The van der Waals surface area contributed by atoms with Crippen molar-refractivity contribution in [2.45, 2.75) is 38.6 Å². The van der Waals surface area contributed by atoms with Crippen LogP contribution in [0.2, 0.25) is 0 Å². The van der Waals surface area contributed by atoms with Crippen LogP contribution in [0.3, 0.4) is 0 Å². The summed E-state index contributed by atoms with van der Waals surface area (Å²) in [5.41, 5.74) is 0. The summed E-state index contributed by atoms with van der Waals surface area (Å²) < 4.78 is 5.45. The summed E-state index contributed by atoms with van der Waals surface area (Å²) in [6.07, 6.45) is 5.15. The Morgan fingerprint density at radius 3 is 2.67 bits per heavy atom. The van der Waals surface area contributed by atoms with Gasteiger partial charge in [0.15, 0.2) is 0 Å². The standard InChI is InChI=1S/C10H21NO/c1-3-7-12-8-6-10(11-2)9-4-5-9/h9-11H,3-8H2,1-2H3. The molecule has 1 fully saturated rings. The summed E-state index contributed by atoms with van der Waals surface area (Å²) in [6, 6.07) is 0.710. The predicted octanol–water partition coefficient (Wildman–Crippen LogP) is 1.80. The third kappa shape index (κ3) is 3.55. The van der Waals surface area contributed by atoms with Crippen molar-refractivity contribution < 1.29 is 4.74 Å². The molecule has 0 spiro atoms. The molecule has 0 heterocycles. The molecular weight excluding hydrogens is 150 g/mol. The summed E-state index contributed by atoms with van der Waals surface area (Å²) >= 11 is 0. The van der Waals surface area contributed by atoms with Crippen molar-refractivity contribution in [1.82, 2.24) is 5.32 Å². The van der Waals surface area contributed by atoms with Crippen molar-refractivity contribution in [3.63, 3.8) is 0 Å². The maximum absolute atomic E-state index is 5.45. The Morgan fingerprint density at radius 2 is 2.17 bits per heavy atom. The molecule has 1 rings (SSSR count). The van der Waals surface area contributed by atoms with Gasteiger partial charge in [-0.25, -0.2) is 0 Å². The fraction of sp³-hybridized carbons (Fsp3) is 1.00. The number of nitrogens with one attached hydrogen (secondary N) is 1.